The standard InChI is InChI=1S/C32H32F3N7O2/c1-21-28(27-12-15-37-41(27)25-10-8-23(36-2)9-11-25)40(30(44)39(21)26-7-5-6-22(18-26)32(33,34)35)29(43)38-24-19-31(20-24)13-16-42(3,4)17-14-31/h5-12,15,18,24H,13-14,16-17,19-20H2,1,3-4H3/p+1. The molecule has 4 aromatic rings. The van der Waals surface area contributed by atoms with Crippen molar-refractivity contribution in [2.45, 2.75) is 44.8 Å². The molecule has 1 N–H and O–H groups in total. The number of benzene rings is 2. The van der Waals surface area contributed by atoms with E-state index in [-0.39, 0.29) is 28.5 Å². The number of amides is 1. The molecule has 12 heteroatoms. The third-order valence-electron chi connectivity index (χ3n) is 9.21. The number of imidazole rings is 1. The third kappa shape index (κ3) is 5.21. The maximum absolute atomic E-state index is 14.0. The highest BCUT2D eigenvalue weighted by molar-refractivity contribution is 5.83. The van der Waals surface area contributed by atoms with Gasteiger partial charge in [-0.2, -0.15) is 18.3 Å². The van der Waals surface area contributed by atoms with Crippen LogP contribution in [0.25, 0.3) is 27.6 Å². The van der Waals surface area contributed by atoms with Crippen molar-refractivity contribution in [2.75, 3.05) is 27.2 Å². The predicted molar refractivity (Wildman–Crippen MR) is 159 cm³/mol. The molecule has 2 aromatic carbocycles. The number of alkyl halides is 3. The van der Waals surface area contributed by atoms with Crippen LogP contribution >= 0.6 is 0 Å². The smallest absolute Gasteiger partial charge is 0.334 e. The van der Waals surface area contributed by atoms with Crippen LogP contribution in [0, 0.1) is 18.9 Å². The van der Waals surface area contributed by atoms with Gasteiger partial charge in [0.25, 0.3) is 0 Å². The Morgan fingerprint density at radius 2 is 1.75 bits per heavy atom. The summed E-state index contributed by atoms with van der Waals surface area (Å²) in [6.45, 7) is 11.0. The first kappa shape index (κ1) is 29.4. The van der Waals surface area contributed by atoms with E-state index < -0.39 is 23.5 Å². The monoisotopic (exact) mass is 604 g/mol. The molecule has 0 unspecified atom stereocenters. The van der Waals surface area contributed by atoms with Crippen LogP contribution in [0.15, 0.2) is 65.6 Å². The van der Waals surface area contributed by atoms with Crippen molar-refractivity contribution in [2.24, 2.45) is 5.41 Å². The zero-order valence-electron chi connectivity index (χ0n) is 24.7. The summed E-state index contributed by atoms with van der Waals surface area (Å²) < 4.78 is 45.5. The van der Waals surface area contributed by atoms with Gasteiger partial charge in [0.1, 0.15) is 5.69 Å². The van der Waals surface area contributed by atoms with Gasteiger partial charge in [-0.3, -0.25) is 4.57 Å². The topological polar surface area (TPSA) is 78.2 Å². The normalized spacial score (nSPS) is 17.7. The van der Waals surface area contributed by atoms with Crippen molar-refractivity contribution in [1.82, 2.24) is 24.2 Å². The Hall–Kier alpha value is -4.63. The van der Waals surface area contributed by atoms with Gasteiger partial charge < -0.3 is 9.80 Å². The van der Waals surface area contributed by atoms with Crippen LogP contribution in [0.2, 0.25) is 0 Å². The molecule has 2 aliphatic rings. The molecule has 2 aromatic heterocycles. The highest BCUT2D eigenvalue weighted by Gasteiger charge is 2.49. The number of hydrogen-bond acceptors (Lipinski definition) is 3. The first-order chi connectivity index (χ1) is 20.8. The summed E-state index contributed by atoms with van der Waals surface area (Å²) in [5, 5.41) is 7.44. The summed E-state index contributed by atoms with van der Waals surface area (Å²) in [6, 6.07) is 12.0. The van der Waals surface area contributed by atoms with E-state index in [1.807, 2.05) is 0 Å². The highest BCUT2D eigenvalue weighted by Crippen LogP contribution is 2.49. The highest BCUT2D eigenvalue weighted by atomic mass is 19.4. The minimum Gasteiger partial charge on any atom is -0.334 e. The van der Waals surface area contributed by atoms with E-state index in [1.54, 1.807) is 37.3 Å². The van der Waals surface area contributed by atoms with Crippen molar-refractivity contribution in [3.63, 3.8) is 0 Å². The van der Waals surface area contributed by atoms with Crippen LogP contribution in [0.1, 0.15) is 36.9 Å². The SMILES string of the molecule is [C-]#[N+]c1ccc(-n2nccc2-c2c(C)n(-c3cccc(C(F)(F)F)c3)c(=O)n2C(=O)NC2CC3(CC[N+](C)(C)CC3)C2)cc1. The minimum absolute atomic E-state index is 0.00635. The number of halogens is 3. The van der Waals surface area contributed by atoms with Crippen molar-refractivity contribution in [1.29, 1.82) is 0 Å². The molecular weight excluding hydrogens is 571 g/mol. The van der Waals surface area contributed by atoms with Crippen molar-refractivity contribution >= 4 is 11.7 Å². The maximum atomic E-state index is 14.0. The Kier molecular flexibility index (Phi) is 7.04. The fourth-order valence-electron chi connectivity index (χ4n) is 6.63. The number of quaternary nitrogens is 1. The van der Waals surface area contributed by atoms with Crippen LogP contribution < -0.4 is 11.0 Å². The van der Waals surface area contributed by atoms with E-state index in [0.717, 1.165) is 64.5 Å². The molecule has 6 rings (SSSR count). The minimum atomic E-state index is -4.61. The van der Waals surface area contributed by atoms with Gasteiger partial charge >= 0.3 is 17.9 Å². The van der Waals surface area contributed by atoms with Gasteiger partial charge in [0.15, 0.2) is 5.69 Å². The molecule has 1 saturated carbocycles. The van der Waals surface area contributed by atoms with Gasteiger partial charge in [-0.05, 0) is 61.6 Å². The maximum Gasteiger partial charge on any atom is 0.416 e. The number of aromatic nitrogens is 4. The first-order valence-corrected chi connectivity index (χ1v) is 14.5. The van der Waals surface area contributed by atoms with Crippen molar-refractivity contribution < 1.29 is 22.4 Å². The van der Waals surface area contributed by atoms with Crippen LogP contribution in [-0.4, -0.2) is 62.7 Å². The van der Waals surface area contributed by atoms with E-state index in [2.05, 4.69) is 29.4 Å². The van der Waals surface area contributed by atoms with E-state index in [1.165, 1.54) is 23.0 Å². The molecule has 44 heavy (non-hydrogen) atoms. The van der Waals surface area contributed by atoms with Crippen LogP contribution in [-0.2, 0) is 6.18 Å². The van der Waals surface area contributed by atoms with E-state index >= 15 is 0 Å². The Morgan fingerprint density at radius 1 is 1.07 bits per heavy atom. The summed E-state index contributed by atoms with van der Waals surface area (Å²) in [6.07, 6.45) is 0.704. The average Bonchev–Trinajstić information content (AvgIpc) is 3.54. The number of carbonyl (C=O) groups is 1. The lowest BCUT2D eigenvalue weighted by Crippen LogP contribution is -2.58. The second-order valence-corrected chi connectivity index (χ2v) is 12.6. The number of piperidine rings is 1. The van der Waals surface area contributed by atoms with E-state index in [0.29, 0.717) is 17.1 Å². The van der Waals surface area contributed by atoms with Crippen LogP contribution in [0.4, 0.5) is 23.7 Å². The zero-order chi connectivity index (χ0) is 31.4. The molecule has 0 atom stereocenters. The predicted octanol–water partition coefficient (Wildman–Crippen LogP) is 5.95. The van der Waals surface area contributed by atoms with E-state index in [9.17, 15) is 22.8 Å². The van der Waals surface area contributed by atoms with Crippen molar-refractivity contribution in [3.05, 3.63) is 94.0 Å². The lowest BCUT2D eigenvalue weighted by atomic mass is 9.60. The summed E-state index contributed by atoms with van der Waals surface area (Å²) in [5.41, 5.74) is 0.405. The molecule has 1 amide bonds. The van der Waals surface area contributed by atoms with E-state index in [4.69, 9.17) is 6.57 Å². The van der Waals surface area contributed by atoms with Gasteiger partial charge in [0, 0.05) is 18.9 Å². The fraction of sp³-hybridized carbons (Fsp3) is 0.375. The quantitative estimate of drug-likeness (QED) is 0.231. The third-order valence-corrected chi connectivity index (χ3v) is 9.21. The zero-order valence-corrected chi connectivity index (χ0v) is 24.7. The molecule has 1 saturated heterocycles. The van der Waals surface area contributed by atoms with Gasteiger partial charge in [0.05, 0.1) is 68.3 Å². The molecule has 2 fully saturated rings. The van der Waals surface area contributed by atoms with Gasteiger partial charge in [0.2, 0.25) is 0 Å². The molecule has 1 aliphatic carbocycles. The fourth-order valence-corrected chi connectivity index (χ4v) is 6.63. The molecule has 228 valence electrons. The largest absolute Gasteiger partial charge is 0.416 e. The number of nitrogens with zero attached hydrogens (tertiary/aromatic N) is 6. The molecule has 0 radical (unpaired) electrons. The molecule has 1 spiro atoms. The molecule has 3 heterocycles. The lowest BCUT2D eigenvalue weighted by Gasteiger charge is -2.53. The molecule has 1 aliphatic heterocycles. The summed E-state index contributed by atoms with van der Waals surface area (Å²) in [7, 11) is 4.44. The summed E-state index contributed by atoms with van der Waals surface area (Å²) in [5.74, 6) is 0. The second-order valence-electron chi connectivity index (χ2n) is 12.6. The average molecular weight is 605 g/mol. The number of rotatable bonds is 4. The number of carbonyl (C=O) groups excluding carboxylic acids is 1. The Balaban J connectivity index is 1.41. The summed E-state index contributed by atoms with van der Waals surface area (Å²) >= 11 is 0. The molecular formula is C32H33F3N7O2+. The molecule has 9 nitrogen and oxygen atoms in total. The van der Waals surface area contributed by atoms with Crippen molar-refractivity contribution in [3.8, 4) is 22.8 Å². The van der Waals surface area contributed by atoms with Gasteiger partial charge in [-0.25, -0.2) is 23.7 Å². The first-order valence-electron chi connectivity index (χ1n) is 14.5. The second kappa shape index (κ2) is 10.5. The Morgan fingerprint density at radius 3 is 2.39 bits per heavy atom. The Labute approximate surface area is 252 Å². The number of hydrogen-bond donors (Lipinski definition) is 1. The van der Waals surface area contributed by atoms with Gasteiger partial charge in [-0.15, -0.1) is 0 Å². The molecule has 0 bridgehead atoms. The number of nitrogens with one attached hydrogen (secondary N) is 1. The van der Waals surface area contributed by atoms with Crippen LogP contribution in [0.3, 0.4) is 0 Å². The number of likely N-dealkylation sites (tertiary alicyclic amines) is 1. The summed E-state index contributed by atoms with van der Waals surface area (Å²) in [4.78, 5) is 31.3. The Bertz CT molecular complexity index is 1820. The van der Waals surface area contributed by atoms with Gasteiger partial charge in [-0.1, -0.05) is 18.2 Å². The lowest BCUT2D eigenvalue weighted by molar-refractivity contribution is -0.898. The van der Waals surface area contributed by atoms with Crippen LogP contribution in [0.5, 0.6) is 0 Å².